The third-order valence-corrected chi connectivity index (χ3v) is 2.73. The molecule has 6 heteroatoms. The van der Waals surface area contributed by atoms with Crippen LogP contribution >= 0.6 is 0 Å². The number of rotatable bonds is 4. The van der Waals surface area contributed by atoms with Gasteiger partial charge in [-0.3, -0.25) is 0 Å². The smallest absolute Gasteiger partial charge is 0.335 e. The van der Waals surface area contributed by atoms with E-state index < -0.39 is 23.4 Å². The van der Waals surface area contributed by atoms with Crippen molar-refractivity contribution in [2.45, 2.75) is 6.54 Å². The van der Waals surface area contributed by atoms with Gasteiger partial charge in [0.15, 0.2) is 0 Å². The van der Waals surface area contributed by atoms with E-state index in [-0.39, 0.29) is 23.4 Å². The van der Waals surface area contributed by atoms with Crippen LogP contribution < -0.4 is 5.32 Å². The van der Waals surface area contributed by atoms with E-state index in [1.54, 1.807) is 0 Å². The standard InChI is InChI=1S/C14H10F3NO2/c15-10-2-1-3-11(16)9(10)7-18-13-6-8(14(19)20)4-5-12(13)17/h1-6,18H,7H2,(H,19,20). The van der Waals surface area contributed by atoms with Gasteiger partial charge in [-0.1, -0.05) is 6.07 Å². The van der Waals surface area contributed by atoms with E-state index in [1.807, 2.05) is 0 Å². The average molecular weight is 281 g/mol. The summed E-state index contributed by atoms with van der Waals surface area (Å²) in [6.07, 6.45) is 0. The predicted octanol–water partition coefficient (Wildman–Crippen LogP) is 3.41. The summed E-state index contributed by atoms with van der Waals surface area (Å²) in [4.78, 5) is 10.8. The second-order valence-electron chi connectivity index (χ2n) is 4.05. The number of anilines is 1. The lowest BCUT2D eigenvalue weighted by Crippen LogP contribution is -2.07. The molecule has 0 aromatic heterocycles. The Bertz CT molecular complexity index is 639. The lowest BCUT2D eigenvalue weighted by Gasteiger charge is -2.10. The number of benzene rings is 2. The molecule has 0 amide bonds. The number of carboxylic acids is 1. The summed E-state index contributed by atoms with van der Waals surface area (Å²) in [5.74, 6) is -3.43. The van der Waals surface area contributed by atoms with Crippen molar-refractivity contribution in [3.05, 3.63) is 65.0 Å². The fourth-order valence-corrected chi connectivity index (χ4v) is 1.68. The van der Waals surface area contributed by atoms with Crippen LogP contribution in [0, 0.1) is 17.5 Å². The largest absolute Gasteiger partial charge is 0.478 e. The van der Waals surface area contributed by atoms with Gasteiger partial charge in [-0.05, 0) is 30.3 Å². The van der Waals surface area contributed by atoms with Crippen molar-refractivity contribution in [3.8, 4) is 0 Å². The van der Waals surface area contributed by atoms with E-state index in [0.29, 0.717) is 0 Å². The number of aromatic carboxylic acids is 1. The third-order valence-electron chi connectivity index (χ3n) is 2.73. The molecule has 0 aliphatic carbocycles. The Hall–Kier alpha value is -2.50. The Morgan fingerprint density at radius 2 is 1.70 bits per heavy atom. The Kier molecular flexibility index (Phi) is 3.93. The molecular weight excluding hydrogens is 271 g/mol. The highest BCUT2D eigenvalue weighted by Crippen LogP contribution is 2.19. The van der Waals surface area contributed by atoms with Gasteiger partial charge in [0.25, 0.3) is 0 Å². The molecule has 0 atom stereocenters. The minimum atomic E-state index is -1.22. The molecule has 0 fully saturated rings. The minimum Gasteiger partial charge on any atom is -0.478 e. The first-order valence-electron chi connectivity index (χ1n) is 5.68. The molecule has 0 bridgehead atoms. The van der Waals surface area contributed by atoms with Gasteiger partial charge >= 0.3 is 5.97 Å². The third kappa shape index (κ3) is 2.90. The fourth-order valence-electron chi connectivity index (χ4n) is 1.68. The summed E-state index contributed by atoms with van der Waals surface area (Å²) in [7, 11) is 0. The Morgan fingerprint density at radius 1 is 1.05 bits per heavy atom. The SMILES string of the molecule is O=C(O)c1ccc(F)c(NCc2c(F)cccc2F)c1. The summed E-state index contributed by atoms with van der Waals surface area (Å²) in [6, 6.07) is 6.54. The molecule has 0 heterocycles. The van der Waals surface area contributed by atoms with Crippen LogP contribution in [0.2, 0.25) is 0 Å². The first-order chi connectivity index (χ1) is 9.49. The lowest BCUT2D eigenvalue weighted by atomic mass is 10.1. The first kappa shape index (κ1) is 13.9. The van der Waals surface area contributed by atoms with Crippen molar-refractivity contribution in [2.75, 3.05) is 5.32 Å². The quantitative estimate of drug-likeness (QED) is 0.902. The molecule has 0 aliphatic rings. The molecule has 2 aromatic rings. The van der Waals surface area contributed by atoms with Crippen LogP contribution in [0.5, 0.6) is 0 Å². The van der Waals surface area contributed by atoms with Crippen molar-refractivity contribution in [2.24, 2.45) is 0 Å². The van der Waals surface area contributed by atoms with Gasteiger partial charge in [0.1, 0.15) is 17.5 Å². The van der Waals surface area contributed by atoms with Crippen molar-refractivity contribution < 1.29 is 23.1 Å². The number of carbonyl (C=O) groups is 1. The zero-order valence-corrected chi connectivity index (χ0v) is 10.2. The maximum absolute atomic E-state index is 13.5. The number of carboxylic acid groups (broad SMARTS) is 1. The van der Waals surface area contributed by atoms with Gasteiger partial charge < -0.3 is 10.4 Å². The summed E-state index contributed by atoms with van der Waals surface area (Å²) in [6.45, 7) is -0.293. The van der Waals surface area contributed by atoms with Crippen LogP contribution in [0.25, 0.3) is 0 Å². The summed E-state index contributed by atoms with van der Waals surface area (Å²) in [5, 5.41) is 11.3. The first-order valence-corrected chi connectivity index (χ1v) is 5.68. The number of hydrogen-bond donors (Lipinski definition) is 2. The van der Waals surface area contributed by atoms with Gasteiger partial charge in [0, 0.05) is 12.1 Å². The number of nitrogens with one attached hydrogen (secondary N) is 1. The van der Waals surface area contributed by atoms with E-state index in [2.05, 4.69) is 5.32 Å². The second-order valence-corrected chi connectivity index (χ2v) is 4.05. The van der Waals surface area contributed by atoms with Gasteiger partial charge in [-0.25, -0.2) is 18.0 Å². The van der Waals surface area contributed by atoms with Gasteiger partial charge in [-0.15, -0.1) is 0 Å². The molecule has 2 aromatic carbocycles. The highest BCUT2D eigenvalue weighted by atomic mass is 19.1. The molecule has 0 saturated carbocycles. The molecule has 2 rings (SSSR count). The molecule has 0 aliphatic heterocycles. The van der Waals surface area contributed by atoms with Crippen molar-refractivity contribution in [3.63, 3.8) is 0 Å². The summed E-state index contributed by atoms with van der Waals surface area (Å²) in [5.41, 5.74) is -0.497. The number of hydrogen-bond acceptors (Lipinski definition) is 2. The van der Waals surface area contributed by atoms with E-state index in [9.17, 15) is 18.0 Å². The Morgan fingerprint density at radius 3 is 2.30 bits per heavy atom. The van der Waals surface area contributed by atoms with Gasteiger partial charge in [0.2, 0.25) is 0 Å². The van der Waals surface area contributed by atoms with Crippen LogP contribution in [0.15, 0.2) is 36.4 Å². The average Bonchev–Trinajstić information content (AvgIpc) is 2.39. The lowest BCUT2D eigenvalue weighted by molar-refractivity contribution is 0.0697. The molecule has 104 valence electrons. The van der Waals surface area contributed by atoms with Gasteiger partial charge in [-0.2, -0.15) is 0 Å². The maximum atomic E-state index is 13.5. The Balaban J connectivity index is 2.23. The summed E-state index contributed by atoms with van der Waals surface area (Å²) >= 11 is 0. The topological polar surface area (TPSA) is 49.3 Å². The van der Waals surface area contributed by atoms with Crippen molar-refractivity contribution >= 4 is 11.7 Å². The Labute approximate surface area is 112 Å². The van der Waals surface area contributed by atoms with Crippen LogP contribution in [0.1, 0.15) is 15.9 Å². The monoisotopic (exact) mass is 281 g/mol. The molecular formula is C14H10F3NO2. The van der Waals surface area contributed by atoms with Gasteiger partial charge in [0.05, 0.1) is 11.3 Å². The van der Waals surface area contributed by atoms with E-state index >= 15 is 0 Å². The molecule has 20 heavy (non-hydrogen) atoms. The predicted molar refractivity (Wildman–Crippen MR) is 67.0 cm³/mol. The fraction of sp³-hybridized carbons (Fsp3) is 0.0714. The molecule has 0 radical (unpaired) electrons. The summed E-state index contributed by atoms with van der Waals surface area (Å²) < 4.78 is 40.3. The van der Waals surface area contributed by atoms with E-state index in [1.165, 1.54) is 6.07 Å². The molecule has 0 spiro atoms. The molecule has 0 saturated heterocycles. The second kappa shape index (κ2) is 5.64. The van der Waals surface area contributed by atoms with E-state index in [4.69, 9.17) is 5.11 Å². The van der Waals surface area contributed by atoms with Crippen LogP contribution in [0.3, 0.4) is 0 Å². The number of halogens is 3. The zero-order valence-electron chi connectivity index (χ0n) is 10.2. The molecule has 3 nitrogen and oxygen atoms in total. The highest BCUT2D eigenvalue weighted by Gasteiger charge is 2.11. The van der Waals surface area contributed by atoms with Crippen LogP contribution in [-0.2, 0) is 6.54 Å². The molecule has 2 N–H and O–H groups in total. The molecule has 0 unspecified atom stereocenters. The van der Waals surface area contributed by atoms with E-state index in [0.717, 1.165) is 30.3 Å². The van der Waals surface area contributed by atoms with Crippen molar-refractivity contribution in [1.82, 2.24) is 0 Å². The normalized spacial score (nSPS) is 10.3. The van der Waals surface area contributed by atoms with Crippen LogP contribution in [-0.4, -0.2) is 11.1 Å². The maximum Gasteiger partial charge on any atom is 0.335 e. The van der Waals surface area contributed by atoms with Crippen LogP contribution in [0.4, 0.5) is 18.9 Å². The minimum absolute atomic E-state index is 0.122. The highest BCUT2D eigenvalue weighted by molar-refractivity contribution is 5.88. The zero-order chi connectivity index (χ0) is 14.7. The van der Waals surface area contributed by atoms with Crippen molar-refractivity contribution in [1.29, 1.82) is 0 Å².